The zero-order valence-electron chi connectivity index (χ0n) is 8.66. The lowest BCUT2D eigenvalue weighted by Crippen LogP contribution is -2.47. The molecule has 3 nitrogen and oxygen atoms in total. The van der Waals surface area contributed by atoms with Crippen LogP contribution >= 0.6 is 0 Å². The van der Waals surface area contributed by atoms with Gasteiger partial charge in [0.1, 0.15) is 0 Å². The lowest BCUT2D eigenvalue weighted by Gasteiger charge is -2.41. The summed E-state index contributed by atoms with van der Waals surface area (Å²) < 4.78 is 0. The third-order valence-corrected chi connectivity index (χ3v) is 3.29. The highest BCUT2D eigenvalue weighted by Crippen LogP contribution is 2.34. The second kappa shape index (κ2) is 4.40. The van der Waals surface area contributed by atoms with Crippen LogP contribution in [0.15, 0.2) is 0 Å². The van der Waals surface area contributed by atoms with E-state index in [9.17, 15) is 5.21 Å². The molecule has 0 radical (unpaired) electrons. The second-order valence-corrected chi connectivity index (χ2v) is 4.53. The molecular weight excluding hydrogens is 166 g/mol. The van der Waals surface area contributed by atoms with Crippen LogP contribution in [-0.2, 0) is 0 Å². The third-order valence-electron chi connectivity index (χ3n) is 3.29. The summed E-state index contributed by atoms with van der Waals surface area (Å²) in [5.41, 5.74) is -0.102. The number of rotatable bonds is 3. The normalized spacial score (nSPS) is 35.3. The van der Waals surface area contributed by atoms with Crippen LogP contribution in [0.2, 0.25) is 0 Å². The maximum Gasteiger partial charge on any atom is 0.0582 e. The number of hydroxylamine groups is 2. The molecule has 1 saturated carbocycles. The average molecular weight is 187 g/mol. The van der Waals surface area contributed by atoms with Crippen molar-refractivity contribution < 1.29 is 10.3 Å². The van der Waals surface area contributed by atoms with E-state index in [1.54, 1.807) is 0 Å². The topological polar surface area (TPSA) is 43.7 Å². The van der Waals surface area contributed by atoms with Crippen molar-refractivity contribution in [1.29, 1.82) is 0 Å². The van der Waals surface area contributed by atoms with E-state index < -0.39 is 0 Å². The zero-order valence-corrected chi connectivity index (χ0v) is 8.66. The van der Waals surface area contributed by atoms with Gasteiger partial charge in [0, 0.05) is 12.1 Å². The van der Waals surface area contributed by atoms with Crippen molar-refractivity contribution in [3.8, 4) is 0 Å². The minimum Gasteiger partial charge on any atom is -0.395 e. The highest BCUT2D eigenvalue weighted by atomic mass is 16.5. The molecule has 0 aromatic carbocycles. The van der Waals surface area contributed by atoms with E-state index in [1.165, 1.54) is 17.9 Å². The van der Waals surface area contributed by atoms with Gasteiger partial charge in [-0.15, -0.1) is 0 Å². The van der Waals surface area contributed by atoms with Crippen molar-refractivity contribution in [2.45, 2.75) is 45.1 Å². The molecular formula is C10H21NO2. The van der Waals surface area contributed by atoms with E-state index in [1.807, 2.05) is 0 Å². The first-order chi connectivity index (χ1) is 6.08. The molecule has 1 rings (SSSR count). The van der Waals surface area contributed by atoms with E-state index in [-0.39, 0.29) is 12.1 Å². The zero-order chi connectivity index (χ0) is 9.90. The van der Waals surface area contributed by atoms with Crippen LogP contribution < -0.4 is 0 Å². The minimum atomic E-state index is -0.102. The van der Waals surface area contributed by atoms with E-state index in [2.05, 4.69) is 13.8 Å². The Morgan fingerprint density at radius 3 is 2.38 bits per heavy atom. The lowest BCUT2D eigenvalue weighted by atomic mass is 9.78. The summed E-state index contributed by atoms with van der Waals surface area (Å²) in [4.78, 5) is 0. The van der Waals surface area contributed by atoms with Crippen LogP contribution in [0.3, 0.4) is 0 Å². The average Bonchev–Trinajstić information content (AvgIpc) is 2.11. The summed E-state index contributed by atoms with van der Waals surface area (Å²) in [6, 6.07) is 0. The summed E-state index contributed by atoms with van der Waals surface area (Å²) in [5, 5.41) is 19.7. The molecule has 0 heterocycles. The highest BCUT2D eigenvalue weighted by molar-refractivity contribution is 4.87. The third kappa shape index (κ3) is 2.66. The summed E-state index contributed by atoms with van der Waals surface area (Å²) >= 11 is 0. The van der Waals surface area contributed by atoms with Gasteiger partial charge in [-0.05, 0) is 38.5 Å². The monoisotopic (exact) mass is 187 g/mol. The highest BCUT2D eigenvalue weighted by Gasteiger charge is 2.34. The molecule has 2 N–H and O–H groups in total. The van der Waals surface area contributed by atoms with Gasteiger partial charge < -0.3 is 10.3 Å². The molecule has 0 aromatic heterocycles. The number of nitrogens with zero attached hydrogens (tertiary/aromatic N) is 1. The molecule has 3 heteroatoms. The van der Waals surface area contributed by atoms with Gasteiger partial charge in [-0.25, -0.2) is 0 Å². The van der Waals surface area contributed by atoms with Gasteiger partial charge in [0.05, 0.1) is 6.61 Å². The Morgan fingerprint density at radius 2 is 1.92 bits per heavy atom. The fourth-order valence-corrected chi connectivity index (χ4v) is 2.01. The number of aliphatic hydroxyl groups excluding tert-OH is 1. The van der Waals surface area contributed by atoms with Gasteiger partial charge in [-0.2, -0.15) is 5.06 Å². The summed E-state index contributed by atoms with van der Waals surface area (Å²) in [6.45, 7) is 4.73. The Labute approximate surface area is 80.3 Å². The number of β-amino-alcohol motifs (C(OH)–C–C–N with tert-alkyl or cyclic N) is 1. The molecule has 0 aliphatic heterocycles. The number of hydrogen-bond acceptors (Lipinski definition) is 3. The largest absolute Gasteiger partial charge is 0.395 e. The van der Waals surface area contributed by atoms with Crippen LogP contribution in [0, 0.1) is 5.92 Å². The molecule has 1 fully saturated rings. The van der Waals surface area contributed by atoms with Crippen molar-refractivity contribution in [2.75, 3.05) is 13.2 Å². The fourth-order valence-electron chi connectivity index (χ4n) is 2.01. The molecule has 0 unspecified atom stereocenters. The van der Waals surface area contributed by atoms with Crippen molar-refractivity contribution in [3.05, 3.63) is 0 Å². The van der Waals surface area contributed by atoms with Gasteiger partial charge in [-0.1, -0.05) is 6.92 Å². The molecule has 0 saturated heterocycles. The minimum absolute atomic E-state index is 0.0294. The van der Waals surface area contributed by atoms with Crippen molar-refractivity contribution in [2.24, 2.45) is 5.92 Å². The summed E-state index contributed by atoms with van der Waals surface area (Å²) in [6.07, 6.45) is 4.42. The van der Waals surface area contributed by atoms with E-state index in [0.29, 0.717) is 6.54 Å². The van der Waals surface area contributed by atoms with Gasteiger partial charge in [0.25, 0.3) is 0 Å². The Morgan fingerprint density at radius 1 is 1.38 bits per heavy atom. The van der Waals surface area contributed by atoms with Crippen LogP contribution in [0.25, 0.3) is 0 Å². The van der Waals surface area contributed by atoms with Crippen molar-refractivity contribution >= 4 is 0 Å². The molecule has 0 aromatic rings. The Kier molecular flexibility index (Phi) is 3.71. The predicted octanol–water partition coefficient (Wildman–Crippen LogP) is 1.64. The predicted molar refractivity (Wildman–Crippen MR) is 51.6 cm³/mol. The molecule has 0 atom stereocenters. The quantitative estimate of drug-likeness (QED) is 0.660. The first-order valence-electron chi connectivity index (χ1n) is 5.16. The van der Waals surface area contributed by atoms with Gasteiger partial charge in [0.2, 0.25) is 0 Å². The van der Waals surface area contributed by atoms with Crippen LogP contribution in [0.5, 0.6) is 0 Å². The SMILES string of the molecule is CC1CCC(C)(N(O)CCO)CC1. The first-order valence-corrected chi connectivity index (χ1v) is 5.16. The molecule has 1 aliphatic rings. The van der Waals surface area contributed by atoms with E-state index in [0.717, 1.165) is 18.8 Å². The van der Waals surface area contributed by atoms with Crippen LogP contribution in [-0.4, -0.2) is 34.1 Å². The van der Waals surface area contributed by atoms with Gasteiger partial charge in [0.15, 0.2) is 0 Å². The maximum atomic E-state index is 9.69. The lowest BCUT2D eigenvalue weighted by molar-refractivity contribution is -0.185. The Bertz CT molecular complexity index is 153. The Hall–Kier alpha value is -0.120. The fraction of sp³-hybridized carbons (Fsp3) is 1.00. The Balaban J connectivity index is 2.46. The van der Waals surface area contributed by atoms with Crippen molar-refractivity contribution in [3.63, 3.8) is 0 Å². The number of hydrogen-bond donors (Lipinski definition) is 2. The molecule has 0 amide bonds. The second-order valence-electron chi connectivity index (χ2n) is 4.53. The molecule has 0 bridgehead atoms. The van der Waals surface area contributed by atoms with Crippen molar-refractivity contribution in [1.82, 2.24) is 5.06 Å². The maximum absolute atomic E-state index is 9.69. The van der Waals surface area contributed by atoms with Crippen LogP contribution in [0.1, 0.15) is 39.5 Å². The summed E-state index contributed by atoms with van der Waals surface area (Å²) in [7, 11) is 0. The first kappa shape index (κ1) is 11.0. The number of aliphatic hydroxyl groups is 1. The van der Waals surface area contributed by atoms with Gasteiger partial charge >= 0.3 is 0 Å². The standard InChI is InChI=1S/C10H21NO2/c1-9-3-5-10(2,6-4-9)11(13)7-8-12/h9,12-13H,3-8H2,1-2H3. The van der Waals surface area contributed by atoms with Gasteiger partial charge in [-0.3, -0.25) is 0 Å². The molecule has 78 valence electrons. The van der Waals surface area contributed by atoms with E-state index in [4.69, 9.17) is 5.11 Å². The molecule has 13 heavy (non-hydrogen) atoms. The molecule has 0 spiro atoms. The molecule has 1 aliphatic carbocycles. The van der Waals surface area contributed by atoms with Crippen LogP contribution in [0.4, 0.5) is 0 Å². The summed E-state index contributed by atoms with van der Waals surface area (Å²) in [5.74, 6) is 0.788. The van der Waals surface area contributed by atoms with E-state index >= 15 is 0 Å². The smallest absolute Gasteiger partial charge is 0.0582 e.